The third kappa shape index (κ3) is 2.59. The molecule has 0 unspecified atom stereocenters. The Morgan fingerprint density at radius 1 is 0.762 bits per heavy atom. The van der Waals surface area contributed by atoms with E-state index in [-0.39, 0.29) is 0 Å². The lowest BCUT2D eigenvalue weighted by Gasteiger charge is -2.12. The van der Waals surface area contributed by atoms with Gasteiger partial charge in [0.2, 0.25) is 11.6 Å². The fourth-order valence-corrected chi connectivity index (χ4v) is 2.61. The average molecular weight is 281 g/mol. The Morgan fingerprint density at radius 3 is 1.81 bits per heavy atom. The molecule has 0 saturated heterocycles. The number of rotatable bonds is 3. The maximum absolute atomic E-state index is 12.6. The van der Waals surface area contributed by atoms with E-state index in [0.29, 0.717) is 22.4 Å². The minimum Gasteiger partial charge on any atom is -0.398 e. The van der Waals surface area contributed by atoms with Crippen LogP contribution in [0.3, 0.4) is 0 Å². The summed E-state index contributed by atoms with van der Waals surface area (Å²) in [5.41, 5.74) is 10.4. The smallest absolute Gasteiger partial charge is 0.234 e. The van der Waals surface area contributed by atoms with Gasteiger partial charge in [-0.15, -0.1) is 0 Å². The lowest BCUT2D eigenvalue weighted by atomic mass is 9.90. The van der Waals surface area contributed by atoms with Crippen LogP contribution < -0.4 is 5.73 Å². The average Bonchev–Trinajstić information content (AvgIpc) is 2.43. The van der Waals surface area contributed by atoms with Crippen molar-refractivity contribution in [3.8, 4) is 0 Å². The zero-order chi connectivity index (χ0) is 15.7. The lowest BCUT2D eigenvalue weighted by molar-refractivity contribution is 0.0815. The Morgan fingerprint density at radius 2 is 1.24 bits per heavy atom. The van der Waals surface area contributed by atoms with Crippen LogP contribution in [-0.2, 0) is 0 Å². The molecular weight excluding hydrogens is 262 g/mol. The summed E-state index contributed by atoms with van der Waals surface area (Å²) in [6.07, 6.45) is 0. The second kappa shape index (κ2) is 5.52. The van der Waals surface area contributed by atoms with Gasteiger partial charge in [-0.2, -0.15) is 0 Å². The highest BCUT2D eigenvalue weighted by molar-refractivity contribution is 6.50. The van der Waals surface area contributed by atoms with E-state index in [9.17, 15) is 9.59 Å². The van der Waals surface area contributed by atoms with E-state index in [0.717, 1.165) is 16.7 Å². The van der Waals surface area contributed by atoms with Gasteiger partial charge in [0.15, 0.2) is 0 Å². The number of anilines is 1. The zero-order valence-electron chi connectivity index (χ0n) is 12.8. The van der Waals surface area contributed by atoms with E-state index in [1.54, 1.807) is 19.1 Å². The van der Waals surface area contributed by atoms with Crippen LogP contribution in [-0.4, -0.2) is 11.6 Å². The molecule has 0 radical (unpaired) electrons. The molecule has 21 heavy (non-hydrogen) atoms. The quantitative estimate of drug-likeness (QED) is 0.531. The van der Waals surface area contributed by atoms with Crippen LogP contribution in [0.5, 0.6) is 0 Å². The molecular formula is C18H19NO2. The van der Waals surface area contributed by atoms with E-state index in [2.05, 4.69) is 0 Å². The normalized spacial score (nSPS) is 10.5. The summed E-state index contributed by atoms with van der Waals surface area (Å²) in [4.78, 5) is 25.3. The standard InChI is InChI=1S/C18H19NO2/c1-10-6-5-7-11(2)15(10)17(20)18(21)16-12(3)8-9-14(19)13(16)4/h5-9H,19H2,1-4H3. The summed E-state index contributed by atoms with van der Waals surface area (Å²) in [5, 5.41) is 0. The van der Waals surface area contributed by atoms with Gasteiger partial charge in [-0.1, -0.05) is 24.3 Å². The van der Waals surface area contributed by atoms with Crippen molar-refractivity contribution in [2.75, 3.05) is 5.73 Å². The highest BCUT2D eigenvalue weighted by atomic mass is 16.2. The molecule has 0 aromatic heterocycles. The van der Waals surface area contributed by atoms with Crippen molar-refractivity contribution in [2.24, 2.45) is 0 Å². The lowest BCUT2D eigenvalue weighted by Crippen LogP contribution is -2.19. The van der Waals surface area contributed by atoms with Gasteiger partial charge in [-0.3, -0.25) is 9.59 Å². The Bertz CT molecular complexity index is 725. The van der Waals surface area contributed by atoms with Gasteiger partial charge in [-0.05, 0) is 56.0 Å². The van der Waals surface area contributed by atoms with Crippen molar-refractivity contribution in [3.63, 3.8) is 0 Å². The van der Waals surface area contributed by atoms with E-state index in [4.69, 9.17) is 5.73 Å². The molecule has 0 fully saturated rings. The van der Waals surface area contributed by atoms with Crippen molar-refractivity contribution in [1.29, 1.82) is 0 Å². The number of benzene rings is 2. The van der Waals surface area contributed by atoms with Gasteiger partial charge < -0.3 is 5.73 Å². The maximum Gasteiger partial charge on any atom is 0.234 e. The molecule has 3 heteroatoms. The van der Waals surface area contributed by atoms with Crippen LogP contribution in [0.1, 0.15) is 43.0 Å². The van der Waals surface area contributed by atoms with Crippen LogP contribution in [0, 0.1) is 27.7 Å². The highest BCUT2D eigenvalue weighted by Crippen LogP contribution is 2.23. The topological polar surface area (TPSA) is 60.2 Å². The number of carbonyl (C=O) groups is 2. The van der Waals surface area contributed by atoms with Gasteiger partial charge in [0.25, 0.3) is 0 Å². The predicted octanol–water partition coefficient (Wildman–Crippen LogP) is 3.57. The van der Waals surface area contributed by atoms with Gasteiger partial charge in [0.05, 0.1) is 0 Å². The van der Waals surface area contributed by atoms with Crippen LogP contribution in [0.4, 0.5) is 5.69 Å². The molecule has 0 atom stereocenters. The fourth-order valence-electron chi connectivity index (χ4n) is 2.61. The first-order chi connectivity index (χ1) is 9.84. The number of carbonyl (C=O) groups excluding carboxylic acids is 2. The molecule has 2 rings (SSSR count). The first-order valence-corrected chi connectivity index (χ1v) is 6.85. The Kier molecular flexibility index (Phi) is 3.94. The molecule has 0 spiro atoms. The monoisotopic (exact) mass is 281 g/mol. The molecule has 0 aliphatic heterocycles. The second-order valence-electron chi connectivity index (χ2n) is 5.40. The molecule has 0 aliphatic carbocycles. The van der Waals surface area contributed by atoms with Crippen molar-refractivity contribution in [2.45, 2.75) is 27.7 Å². The van der Waals surface area contributed by atoms with Crippen molar-refractivity contribution >= 4 is 17.3 Å². The Labute approximate surface area is 124 Å². The number of nitrogen functional groups attached to an aromatic ring is 1. The molecule has 108 valence electrons. The van der Waals surface area contributed by atoms with E-state index >= 15 is 0 Å². The zero-order valence-corrected chi connectivity index (χ0v) is 12.8. The third-order valence-electron chi connectivity index (χ3n) is 3.86. The largest absolute Gasteiger partial charge is 0.398 e. The van der Waals surface area contributed by atoms with Crippen LogP contribution >= 0.6 is 0 Å². The summed E-state index contributed by atoms with van der Waals surface area (Å²) < 4.78 is 0. The molecule has 0 heterocycles. The third-order valence-corrected chi connectivity index (χ3v) is 3.86. The summed E-state index contributed by atoms with van der Waals surface area (Å²) in [6, 6.07) is 9.08. The van der Waals surface area contributed by atoms with Crippen LogP contribution in [0.15, 0.2) is 30.3 Å². The molecule has 0 aliphatic rings. The summed E-state index contributed by atoms with van der Waals surface area (Å²) in [6.45, 7) is 7.27. The molecule has 0 bridgehead atoms. The first-order valence-electron chi connectivity index (χ1n) is 6.85. The van der Waals surface area contributed by atoms with E-state index in [1.807, 2.05) is 39.0 Å². The molecule has 0 amide bonds. The van der Waals surface area contributed by atoms with Crippen molar-refractivity contribution < 1.29 is 9.59 Å². The van der Waals surface area contributed by atoms with Gasteiger partial charge in [-0.25, -0.2) is 0 Å². The summed E-state index contributed by atoms with van der Waals surface area (Å²) in [5.74, 6) is -0.961. The number of Topliss-reactive ketones (excluding diaryl/α,β-unsaturated/α-hetero) is 2. The SMILES string of the molecule is Cc1cccc(C)c1C(=O)C(=O)c1c(C)ccc(N)c1C. The molecule has 3 nitrogen and oxygen atoms in total. The summed E-state index contributed by atoms with van der Waals surface area (Å²) in [7, 11) is 0. The van der Waals surface area contributed by atoms with Crippen LogP contribution in [0.25, 0.3) is 0 Å². The first kappa shape index (κ1) is 15.0. The molecule has 0 saturated carbocycles. The van der Waals surface area contributed by atoms with Gasteiger partial charge in [0, 0.05) is 16.8 Å². The highest BCUT2D eigenvalue weighted by Gasteiger charge is 2.25. The summed E-state index contributed by atoms with van der Waals surface area (Å²) >= 11 is 0. The number of ketones is 2. The van der Waals surface area contributed by atoms with Crippen molar-refractivity contribution in [3.05, 3.63) is 63.7 Å². The van der Waals surface area contributed by atoms with Crippen LogP contribution in [0.2, 0.25) is 0 Å². The number of hydrogen-bond acceptors (Lipinski definition) is 3. The maximum atomic E-state index is 12.6. The second-order valence-corrected chi connectivity index (χ2v) is 5.40. The molecule has 2 aromatic rings. The minimum absolute atomic E-state index is 0.419. The molecule has 2 aromatic carbocycles. The fraction of sp³-hybridized carbons (Fsp3) is 0.222. The number of hydrogen-bond donors (Lipinski definition) is 1. The Hall–Kier alpha value is -2.42. The predicted molar refractivity (Wildman–Crippen MR) is 84.9 cm³/mol. The van der Waals surface area contributed by atoms with Crippen molar-refractivity contribution in [1.82, 2.24) is 0 Å². The molecule has 2 N–H and O–H groups in total. The minimum atomic E-state index is -0.491. The van der Waals surface area contributed by atoms with Gasteiger partial charge in [0.1, 0.15) is 0 Å². The van der Waals surface area contributed by atoms with E-state index < -0.39 is 11.6 Å². The van der Waals surface area contributed by atoms with Gasteiger partial charge >= 0.3 is 0 Å². The Balaban J connectivity index is 2.56. The van der Waals surface area contributed by atoms with E-state index in [1.165, 1.54) is 0 Å². The number of aryl methyl sites for hydroxylation is 3. The number of nitrogens with two attached hydrogens (primary N) is 1.